The van der Waals surface area contributed by atoms with E-state index in [4.69, 9.17) is 21.1 Å². The molecule has 1 amide bonds. The number of amides is 1. The van der Waals surface area contributed by atoms with E-state index in [9.17, 15) is 4.79 Å². The van der Waals surface area contributed by atoms with Crippen LogP contribution in [0.5, 0.6) is 11.5 Å². The van der Waals surface area contributed by atoms with Crippen LogP contribution in [0, 0.1) is 0 Å². The van der Waals surface area contributed by atoms with Crippen molar-refractivity contribution in [1.82, 2.24) is 0 Å². The van der Waals surface area contributed by atoms with Crippen LogP contribution in [0.25, 0.3) is 0 Å². The summed E-state index contributed by atoms with van der Waals surface area (Å²) >= 11 is 5.97. The summed E-state index contributed by atoms with van der Waals surface area (Å²) in [6.07, 6.45) is 2.05. The first-order valence-electron chi connectivity index (χ1n) is 7.51. The molecule has 0 aromatic heterocycles. The number of methoxy groups -OCH3 is 1. The molecule has 0 radical (unpaired) electrons. The molecule has 0 spiro atoms. The monoisotopic (exact) mass is 333 g/mol. The van der Waals surface area contributed by atoms with Gasteiger partial charge in [-0.05, 0) is 42.8 Å². The second-order valence-corrected chi connectivity index (χ2v) is 5.47. The molecule has 2 rings (SSSR count). The van der Waals surface area contributed by atoms with Crippen molar-refractivity contribution in [3.8, 4) is 11.5 Å². The van der Waals surface area contributed by atoms with Gasteiger partial charge in [0, 0.05) is 10.6 Å². The first-order chi connectivity index (χ1) is 11.1. The molecule has 0 unspecified atom stereocenters. The lowest BCUT2D eigenvalue weighted by molar-refractivity contribution is 0.102. The number of hydrogen-bond acceptors (Lipinski definition) is 3. The molecule has 0 saturated carbocycles. The number of carbonyl (C=O) groups is 1. The van der Waals surface area contributed by atoms with Crippen LogP contribution in [0.1, 0.15) is 30.1 Å². The molecule has 0 aliphatic heterocycles. The van der Waals surface area contributed by atoms with Crippen molar-refractivity contribution in [3.63, 3.8) is 0 Å². The Morgan fingerprint density at radius 2 is 2.04 bits per heavy atom. The average molecular weight is 334 g/mol. The van der Waals surface area contributed by atoms with Gasteiger partial charge in [0.05, 0.1) is 19.4 Å². The number of anilines is 1. The largest absolute Gasteiger partial charge is 0.495 e. The lowest BCUT2D eigenvalue weighted by atomic mass is 10.2. The van der Waals surface area contributed by atoms with Gasteiger partial charge in [0.2, 0.25) is 0 Å². The van der Waals surface area contributed by atoms with Gasteiger partial charge in [-0.15, -0.1) is 0 Å². The highest BCUT2D eigenvalue weighted by atomic mass is 35.5. The van der Waals surface area contributed by atoms with Gasteiger partial charge in [0.25, 0.3) is 5.91 Å². The number of unbranched alkanes of at least 4 members (excludes halogenated alkanes) is 1. The molecule has 0 heterocycles. The molecule has 2 aromatic rings. The third kappa shape index (κ3) is 4.89. The Hall–Kier alpha value is -2.20. The molecule has 4 nitrogen and oxygen atoms in total. The summed E-state index contributed by atoms with van der Waals surface area (Å²) in [5, 5.41) is 3.33. The van der Waals surface area contributed by atoms with Gasteiger partial charge in [0.1, 0.15) is 11.5 Å². The Morgan fingerprint density at radius 3 is 2.78 bits per heavy atom. The number of hydrogen-bond donors (Lipinski definition) is 1. The molecule has 0 saturated heterocycles. The predicted octanol–water partition coefficient (Wildman–Crippen LogP) is 4.78. The average Bonchev–Trinajstić information content (AvgIpc) is 2.55. The highest BCUT2D eigenvalue weighted by Crippen LogP contribution is 2.28. The zero-order valence-corrected chi connectivity index (χ0v) is 14.0. The van der Waals surface area contributed by atoms with Gasteiger partial charge in [0.15, 0.2) is 0 Å². The fourth-order valence-corrected chi connectivity index (χ4v) is 2.21. The van der Waals surface area contributed by atoms with E-state index < -0.39 is 0 Å². The van der Waals surface area contributed by atoms with E-state index >= 15 is 0 Å². The van der Waals surface area contributed by atoms with Gasteiger partial charge in [-0.1, -0.05) is 31.0 Å². The normalized spacial score (nSPS) is 10.2. The van der Waals surface area contributed by atoms with E-state index in [0.717, 1.165) is 12.8 Å². The van der Waals surface area contributed by atoms with Crippen molar-refractivity contribution < 1.29 is 14.3 Å². The summed E-state index contributed by atoms with van der Waals surface area (Å²) in [7, 11) is 1.54. The molecule has 23 heavy (non-hydrogen) atoms. The second kappa shape index (κ2) is 8.44. The van der Waals surface area contributed by atoms with Crippen LogP contribution in [0.3, 0.4) is 0 Å². The number of benzene rings is 2. The Morgan fingerprint density at radius 1 is 1.22 bits per heavy atom. The molecule has 122 valence electrons. The number of rotatable bonds is 7. The van der Waals surface area contributed by atoms with Crippen molar-refractivity contribution in [1.29, 1.82) is 0 Å². The molecule has 0 bridgehead atoms. The smallest absolute Gasteiger partial charge is 0.255 e. The molecule has 1 N–H and O–H groups in total. The van der Waals surface area contributed by atoms with Gasteiger partial charge < -0.3 is 14.8 Å². The van der Waals surface area contributed by atoms with Crippen molar-refractivity contribution in [2.45, 2.75) is 19.8 Å². The van der Waals surface area contributed by atoms with Crippen molar-refractivity contribution >= 4 is 23.2 Å². The maximum absolute atomic E-state index is 12.4. The minimum atomic E-state index is -0.244. The molecule has 0 aliphatic rings. The van der Waals surface area contributed by atoms with Crippen LogP contribution >= 0.6 is 11.6 Å². The van der Waals surface area contributed by atoms with Gasteiger partial charge in [-0.3, -0.25) is 4.79 Å². The standard InChI is InChI=1S/C18H20ClNO3/c1-3-4-10-23-15-7-5-6-13(11-15)18(21)20-16-12-14(19)8-9-17(16)22-2/h5-9,11-12H,3-4,10H2,1-2H3,(H,20,21). The summed E-state index contributed by atoms with van der Waals surface area (Å²) in [4.78, 5) is 12.4. The molecule has 0 aliphatic carbocycles. The van der Waals surface area contributed by atoms with Gasteiger partial charge >= 0.3 is 0 Å². The zero-order chi connectivity index (χ0) is 16.7. The van der Waals surface area contributed by atoms with Crippen LogP contribution in [0.15, 0.2) is 42.5 Å². The van der Waals surface area contributed by atoms with E-state index in [1.54, 1.807) is 43.5 Å². The van der Waals surface area contributed by atoms with E-state index in [2.05, 4.69) is 12.2 Å². The summed E-state index contributed by atoms with van der Waals surface area (Å²) < 4.78 is 10.9. The molecular formula is C18H20ClNO3. The fraction of sp³-hybridized carbons (Fsp3) is 0.278. The van der Waals surface area contributed by atoms with Gasteiger partial charge in [-0.25, -0.2) is 0 Å². The Kier molecular flexibility index (Phi) is 6.29. The molecule has 0 atom stereocenters. The summed E-state index contributed by atoms with van der Waals surface area (Å²) in [5.74, 6) is 0.994. The van der Waals surface area contributed by atoms with E-state index in [1.807, 2.05) is 6.07 Å². The Labute approximate surface area is 141 Å². The lowest BCUT2D eigenvalue weighted by Gasteiger charge is -2.11. The van der Waals surface area contributed by atoms with E-state index in [0.29, 0.717) is 34.4 Å². The highest BCUT2D eigenvalue weighted by Gasteiger charge is 2.11. The van der Waals surface area contributed by atoms with Crippen LogP contribution in [-0.2, 0) is 0 Å². The summed E-state index contributed by atoms with van der Waals surface area (Å²) in [6.45, 7) is 2.75. The first kappa shape index (κ1) is 17.2. The van der Waals surface area contributed by atoms with Crippen LogP contribution in [0.4, 0.5) is 5.69 Å². The topological polar surface area (TPSA) is 47.6 Å². The molecule has 5 heteroatoms. The summed E-state index contributed by atoms with van der Waals surface area (Å²) in [5.41, 5.74) is 1.04. The van der Waals surface area contributed by atoms with Gasteiger partial charge in [-0.2, -0.15) is 0 Å². The van der Waals surface area contributed by atoms with Crippen molar-refractivity contribution in [2.24, 2.45) is 0 Å². The number of carbonyl (C=O) groups excluding carboxylic acids is 1. The SMILES string of the molecule is CCCCOc1cccc(C(=O)Nc2cc(Cl)ccc2OC)c1. The molecule has 0 fully saturated rings. The Bertz CT molecular complexity index is 673. The predicted molar refractivity (Wildman–Crippen MR) is 92.8 cm³/mol. The first-order valence-corrected chi connectivity index (χ1v) is 7.89. The number of ether oxygens (including phenoxy) is 2. The number of halogens is 1. The maximum atomic E-state index is 12.4. The van der Waals surface area contributed by atoms with Crippen LogP contribution in [-0.4, -0.2) is 19.6 Å². The van der Waals surface area contributed by atoms with Crippen LogP contribution in [0.2, 0.25) is 5.02 Å². The molecule has 2 aromatic carbocycles. The quantitative estimate of drug-likeness (QED) is 0.742. The van der Waals surface area contributed by atoms with Crippen LogP contribution < -0.4 is 14.8 Å². The van der Waals surface area contributed by atoms with E-state index in [1.165, 1.54) is 0 Å². The Balaban J connectivity index is 2.11. The fourth-order valence-electron chi connectivity index (χ4n) is 2.03. The third-order valence-electron chi connectivity index (χ3n) is 3.27. The van der Waals surface area contributed by atoms with E-state index in [-0.39, 0.29) is 5.91 Å². The van der Waals surface area contributed by atoms with Crippen molar-refractivity contribution in [3.05, 3.63) is 53.1 Å². The minimum absolute atomic E-state index is 0.244. The molecular weight excluding hydrogens is 314 g/mol. The highest BCUT2D eigenvalue weighted by molar-refractivity contribution is 6.31. The minimum Gasteiger partial charge on any atom is -0.495 e. The number of nitrogens with one attached hydrogen (secondary N) is 1. The third-order valence-corrected chi connectivity index (χ3v) is 3.51. The maximum Gasteiger partial charge on any atom is 0.255 e. The van der Waals surface area contributed by atoms with Crippen molar-refractivity contribution in [2.75, 3.05) is 19.0 Å². The lowest BCUT2D eigenvalue weighted by Crippen LogP contribution is -2.13. The second-order valence-electron chi connectivity index (χ2n) is 5.03. The zero-order valence-electron chi connectivity index (χ0n) is 13.3. The summed E-state index contributed by atoms with van der Waals surface area (Å²) in [6, 6.07) is 12.2.